The number of aryl methyl sites for hydroxylation is 2. The number of hydrogen-bond donors (Lipinski definition) is 0. The average molecular weight is 290 g/mol. The molecule has 0 aliphatic heterocycles. The minimum Gasteiger partial charge on any atom is -0.469 e. The quantitative estimate of drug-likeness (QED) is 0.689. The Hall–Kier alpha value is -2.15. The fourth-order valence-electron chi connectivity index (χ4n) is 2.09. The number of imidazole rings is 1. The first-order chi connectivity index (χ1) is 9.69. The Balaban J connectivity index is 1.91. The Morgan fingerprint density at radius 3 is 3.05 bits per heavy atom. The molecule has 3 heterocycles. The maximum absolute atomic E-state index is 11.2. The number of ether oxygens (including phenoxy) is 1. The van der Waals surface area contributed by atoms with E-state index in [2.05, 4.69) is 14.8 Å². The van der Waals surface area contributed by atoms with E-state index in [1.807, 2.05) is 29.1 Å². The number of carbonyl (C=O) groups excluding carboxylic acids is 1. The van der Waals surface area contributed by atoms with Gasteiger partial charge in [-0.1, -0.05) is 0 Å². The van der Waals surface area contributed by atoms with E-state index in [1.54, 1.807) is 22.2 Å². The van der Waals surface area contributed by atoms with Crippen LogP contribution in [-0.2, 0) is 23.0 Å². The van der Waals surface area contributed by atoms with Crippen molar-refractivity contribution in [3.63, 3.8) is 0 Å². The van der Waals surface area contributed by atoms with E-state index in [9.17, 15) is 4.79 Å². The van der Waals surface area contributed by atoms with Crippen LogP contribution in [0.1, 0.15) is 12.1 Å². The van der Waals surface area contributed by atoms with Crippen LogP contribution in [0.2, 0.25) is 0 Å². The minimum atomic E-state index is -0.198. The highest BCUT2D eigenvalue weighted by atomic mass is 32.1. The highest BCUT2D eigenvalue weighted by Crippen LogP contribution is 2.23. The van der Waals surface area contributed by atoms with Gasteiger partial charge in [-0.25, -0.2) is 4.98 Å². The first-order valence-electron chi connectivity index (χ1n) is 6.19. The highest BCUT2D eigenvalue weighted by molar-refractivity contribution is 7.15. The SMILES string of the molecule is COC(=O)CCc1csc2nc(-c3ccnn3C)cn12. The van der Waals surface area contributed by atoms with Crippen molar-refractivity contribution >= 4 is 22.3 Å². The Labute approximate surface area is 119 Å². The number of methoxy groups -OCH3 is 1. The second-order valence-corrected chi connectivity index (χ2v) is 5.26. The number of nitrogens with zero attached hydrogens (tertiary/aromatic N) is 4. The third kappa shape index (κ3) is 2.20. The molecule has 0 amide bonds. The van der Waals surface area contributed by atoms with Gasteiger partial charge in [-0.3, -0.25) is 13.9 Å². The van der Waals surface area contributed by atoms with Gasteiger partial charge in [0.25, 0.3) is 0 Å². The summed E-state index contributed by atoms with van der Waals surface area (Å²) in [6, 6.07) is 1.93. The summed E-state index contributed by atoms with van der Waals surface area (Å²) in [4.78, 5) is 16.7. The van der Waals surface area contributed by atoms with Crippen molar-refractivity contribution in [2.75, 3.05) is 7.11 Å². The molecule has 0 radical (unpaired) electrons. The van der Waals surface area contributed by atoms with Crippen LogP contribution in [0.3, 0.4) is 0 Å². The molecule has 6 nitrogen and oxygen atoms in total. The molecule has 104 valence electrons. The maximum Gasteiger partial charge on any atom is 0.305 e. The van der Waals surface area contributed by atoms with Crippen LogP contribution in [0.25, 0.3) is 16.3 Å². The summed E-state index contributed by atoms with van der Waals surface area (Å²) in [6.07, 6.45) is 4.76. The van der Waals surface area contributed by atoms with Crippen LogP contribution in [0.4, 0.5) is 0 Å². The lowest BCUT2D eigenvalue weighted by Crippen LogP contribution is -2.03. The van der Waals surface area contributed by atoms with Gasteiger partial charge in [0.05, 0.1) is 19.2 Å². The van der Waals surface area contributed by atoms with Gasteiger partial charge in [-0.2, -0.15) is 5.10 Å². The second-order valence-electron chi connectivity index (χ2n) is 4.42. The van der Waals surface area contributed by atoms with Gasteiger partial charge in [0, 0.05) is 30.5 Å². The zero-order valence-corrected chi connectivity index (χ0v) is 12.1. The standard InChI is InChI=1S/C13H14N4O2S/c1-16-11(5-6-14-16)10-7-17-9(3-4-12(18)19-2)8-20-13(17)15-10/h5-8H,3-4H2,1-2H3. The fourth-order valence-corrected chi connectivity index (χ4v) is 3.00. The van der Waals surface area contributed by atoms with Gasteiger partial charge in [-0.05, 0) is 12.5 Å². The Morgan fingerprint density at radius 1 is 1.50 bits per heavy atom. The summed E-state index contributed by atoms with van der Waals surface area (Å²) in [6.45, 7) is 0. The molecule has 3 aromatic rings. The van der Waals surface area contributed by atoms with Crippen LogP contribution >= 0.6 is 11.3 Å². The molecule has 20 heavy (non-hydrogen) atoms. The normalized spacial score (nSPS) is 11.1. The van der Waals surface area contributed by atoms with Gasteiger partial charge >= 0.3 is 5.97 Å². The monoisotopic (exact) mass is 290 g/mol. The largest absolute Gasteiger partial charge is 0.469 e. The van der Waals surface area contributed by atoms with Crippen molar-refractivity contribution in [1.82, 2.24) is 19.2 Å². The van der Waals surface area contributed by atoms with Crippen LogP contribution in [0.15, 0.2) is 23.8 Å². The number of thiazole rings is 1. The van der Waals surface area contributed by atoms with E-state index < -0.39 is 0 Å². The van der Waals surface area contributed by atoms with Gasteiger partial charge in [0.2, 0.25) is 0 Å². The molecule has 0 aliphatic carbocycles. The van der Waals surface area contributed by atoms with Crippen LogP contribution in [-0.4, -0.2) is 32.2 Å². The highest BCUT2D eigenvalue weighted by Gasteiger charge is 2.12. The third-order valence-corrected chi connectivity index (χ3v) is 4.07. The van der Waals surface area contributed by atoms with Crippen molar-refractivity contribution in [3.8, 4) is 11.4 Å². The van der Waals surface area contributed by atoms with Crippen molar-refractivity contribution in [2.24, 2.45) is 7.05 Å². The van der Waals surface area contributed by atoms with E-state index in [-0.39, 0.29) is 5.97 Å². The Morgan fingerprint density at radius 2 is 2.35 bits per heavy atom. The van der Waals surface area contributed by atoms with Crippen LogP contribution < -0.4 is 0 Å². The number of carbonyl (C=O) groups is 1. The number of esters is 1. The molecule has 0 aliphatic rings. The van der Waals surface area contributed by atoms with Gasteiger partial charge < -0.3 is 4.74 Å². The maximum atomic E-state index is 11.2. The summed E-state index contributed by atoms with van der Waals surface area (Å²) in [5.41, 5.74) is 2.92. The molecule has 3 rings (SSSR count). The van der Waals surface area contributed by atoms with Crippen molar-refractivity contribution in [3.05, 3.63) is 29.5 Å². The lowest BCUT2D eigenvalue weighted by Gasteiger charge is -1.99. The molecule has 3 aromatic heterocycles. The molecule has 0 saturated heterocycles. The zero-order valence-electron chi connectivity index (χ0n) is 11.2. The predicted octanol–water partition coefficient (Wildman–Crippen LogP) is 1.90. The number of fused-ring (bicyclic) bond motifs is 1. The lowest BCUT2D eigenvalue weighted by atomic mass is 10.2. The topological polar surface area (TPSA) is 61.4 Å². The molecule has 0 aromatic carbocycles. The van der Waals surface area contributed by atoms with E-state index in [1.165, 1.54) is 7.11 Å². The molecular formula is C13H14N4O2S. The number of hydrogen-bond acceptors (Lipinski definition) is 5. The first kappa shape index (κ1) is 12.9. The fraction of sp³-hybridized carbons (Fsp3) is 0.308. The number of rotatable bonds is 4. The van der Waals surface area contributed by atoms with Crippen molar-refractivity contribution < 1.29 is 9.53 Å². The van der Waals surface area contributed by atoms with Crippen LogP contribution in [0, 0.1) is 0 Å². The summed E-state index contributed by atoms with van der Waals surface area (Å²) < 4.78 is 8.48. The Kier molecular flexibility index (Phi) is 3.27. The molecule has 0 spiro atoms. The van der Waals surface area contributed by atoms with Crippen molar-refractivity contribution in [2.45, 2.75) is 12.8 Å². The molecule has 7 heteroatoms. The van der Waals surface area contributed by atoms with Crippen molar-refractivity contribution in [1.29, 1.82) is 0 Å². The molecule has 0 bridgehead atoms. The third-order valence-electron chi connectivity index (χ3n) is 3.18. The van der Waals surface area contributed by atoms with E-state index >= 15 is 0 Å². The van der Waals surface area contributed by atoms with Gasteiger partial charge in [0.15, 0.2) is 4.96 Å². The van der Waals surface area contributed by atoms with E-state index in [0.717, 1.165) is 22.0 Å². The van der Waals surface area contributed by atoms with E-state index in [0.29, 0.717) is 12.8 Å². The summed E-state index contributed by atoms with van der Waals surface area (Å²) in [5, 5.41) is 6.18. The first-order valence-corrected chi connectivity index (χ1v) is 7.07. The average Bonchev–Trinajstić information content (AvgIpc) is 3.11. The van der Waals surface area contributed by atoms with Gasteiger partial charge in [0.1, 0.15) is 5.69 Å². The molecule has 0 fully saturated rings. The smallest absolute Gasteiger partial charge is 0.305 e. The predicted molar refractivity (Wildman–Crippen MR) is 75.6 cm³/mol. The summed E-state index contributed by atoms with van der Waals surface area (Å²) >= 11 is 1.57. The Bertz CT molecular complexity index is 755. The number of aromatic nitrogens is 4. The van der Waals surface area contributed by atoms with Crippen LogP contribution in [0.5, 0.6) is 0 Å². The zero-order chi connectivity index (χ0) is 14.1. The molecular weight excluding hydrogens is 276 g/mol. The molecule has 0 atom stereocenters. The minimum absolute atomic E-state index is 0.198. The summed E-state index contributed by atoms with van der Waals surface area (Å²) in [7, 11) is 3.30. The molecule has 0 unspecified atom stereocenters. The molecule has 0 saturated carbocycles. The van der Waals surface area contributed by atoms with Gasteiger partial charge in [-0.15, -0.1) is 11.3 Å². The second kappa shape index (κ2) is 5.09. The summed E-state index contributed by atoms with van der Waals surface area (Å²) in [5.74, 6) is -0.198. The lowest BCUT2D eigenvalue weighted by molar-refractivity contribution is -0.140. The van der Waals surface area contributed by atoms with E-state index in [4.69, 9.17) is 0 Å². The molecule has 0 N–H and O–H groups in total.